The molecular formula is C24H24FN3O3. The molecule has 1 atom stereocenters. The third-order valence-electron chi connectivity index (χ3n) is 5.51. The van der Waals surface area contributed by atoms with Crippen molar-refractivity contribution in [2.24, 2.45) is 0 Å². The maximum Gasteiger partial charge on any atom is 0.340 e. The number of benzene rings is 2. The Hall–Kier alpha value is -3.61. The van der Waals surface area contributed by atoms with E-state index in [4.69, 9.17) is 9.47 Å². The number of ether oxygens (including phenoxy) is 2. The lowest BCUT2D eigenvalue weighted by Crippen LogP contribution is -2.22. The van der Waals surface area contributed by atoms with Crippen molar-refractivity contribution in [3.05, 3.63) is 77.9 Å². The summed E-state index contributed by atoms with van der Waals surface area (Å²) in [4.78, 5) is 18.0. The topological polar surface area (TPSA) is 63.7 Å². The second kappa shape index (κ2) is 9.04. The highest BCUT2D eigenvalue weighted by Crippen LogP contribution is 2.38. The van der Waals surface area contributed by atoms with E-state index in [1.54, 1.807) is 24.5 Å². The van der Waals surface area contributed by atoms with E-state index in [1.807, 2.05) is 30.1 Å². The number of hydrogen-bond donors (Lipinski definition) is 1. The van der Waals surface area contributed by atoms with Crippen molar-refractivity contribution >= 4 is 23.0 Å². The van der Waals surface area contributed by atoms with E-state index in [0.717, 1.165) is 29.1 Å². The van der Waals surface area contributed by atoms with Crippen molar-refractivity contribution in [3.63, 3.8) is 0 Å². The molecule has 4 rings (SSSR count). The number of hydrogen-bond acceptors (Lipinski definition) is 6. The molecule has 6 nitrogen and oxygen atoms in total. The van der Waals surface area contributed by atoms with Crippen LogP contribution in [-0.2, 0) is 4.74 Å². The van der Waals surface area contributed by atoms with E-state index < -0.39 is 5.97 Å². The van der Waals surface area contributed by atoms with Crippen LogP contribution in [0, 0.1) is 5.82 Å². The maximum atomic E-state index is 13.6. The molecule has 2 heterocycles. The van der Waals surface area contributed by atoms with Crippen molar-refractivity contribution in [1.82, 2.24) is 4.98 Å². The van der Waals surface area contributed by atoms with Crippen LogP contribution in [0.4, 0.5) is 21.5 Å². The van der Waals surface area contributed by atoms with Gasteiger partial charge in [0.2, 0.25) is 0 Å². The number of esters is 1. The molecule has 0 saturated heterocycles. The molecule has 2 aromatic carbocycles. The SMILES string of the molecule is COC(=O)c1ccncc1NC[C@@H]1CCOc2cc(N(C)c3cccc(F)c3)ccc21. The predicted octanol–water partition coefficient (Wildman–Crippen LogP) is 4.75. The first kappa shape index (κ1) is 20.7. The van der Waals surface area contributed by atoms with E-state index in [9.17, 15) is 9.18 Å². The number of rotatable bonds is 6. The number of nitrogens with one attached hydrogen (secondary N) is 1. The summed E-state index contributed by atoms with van der Waals surface area (Å²) in [5, 5.41) is 3.34. The second-order valence-electron chi connectivity index (χ2n) is 7.39. The Bertz CT molecular complexity index is 1090. The number of aromatic nitrogens is 1. The molecule has 7 heteroatoms. The smallest absolute Gasteiger partial charge is 0.340 e. The summed E-state index contributed by atoms with van der Waals surface area (Å²) < 4.78 is 24.4. The van der Waals surface area contributed by atoms with Gasteiger partial charge in [-0.25, -0.2) is 9.18 Å². The Labute approximate surface area is 180 Å². The van der Waals surface area contributed by atoms with Crippen molar-refractivity contribution in [3.8, 4) is 5.75 Å². The second-order valence-corrected chi connectivity index (χ2v) is 7.39. The Morgan fingerprint density at radius 3 is 2.90 bits per heavy atom. The van der Waals surface area contributed by atoms with E-state index >= 15 is 0 Å². The summed E-state index contributed by atoms with van der Waals surface area (Å²) in [6.07, 6.45) is 4.05. The zero-order chi connectivity index (χ0) is 21.8. The maximum absolute atomic E-state index is 13.6. The average molecular weight is 421 g/mol. The summed E-state index contributed by atoms with van der Waals surface area (Å²) in [5.74, 6) is 0.356. The highest BCUT2D eigenvalue weighted by atomic mass is 19.1. The Kier molecular flexibility index (Phi) is 6.02. The molecule has 0 radical (unpaired) electrons. The largest absolute Gasteiger partial charge is 0.493 e. The molecule has 1 aliphatic rings. The van der Waals surface area contributed by atoms with Gasteiger partial charge in [-0.15, -0.1) is 0 Å². The summed E-state index contributed by atoms with van der Waals surface area (Å²) in [7, 11) is 3.26. The van der Waals surface area contributed by atoms with Gasteiger partial charge < -0.3 is 19.7 Å². The third kappa shape index (κ3) is 4.45. The number of fused-ring (bicyclic) bond motifs is 1. The first-order valence-electron chi connectivity index (χ1n) is 10.1. The fourth-order valence-electron chi connectivity index (χ4n) is 3.76. The van der Waals surface area contributed by atoms with Gasteiger partial charge in [-0.3, -0.25) is 4.98 Å². The minimum Gasteiger partial charge on any atom is -0.493 e. The van der Waals surface area contributed by atoms with Crippen LogP contribution >= 0.6 is 0 Å². The van der Waals surface area contributed by atoms with Crippen molar-refractivity contribution in [2.45, 2.75) is 12.3 Å². The van der Waals surface area contributed by atoms with E-state index in [-0.39, 0.29) is 11.7 Å². The molecule has 0 saturated carbocycles. The number of pyridine rings is 1. The molecule has 0 unspecified atom stereocenters. The van der Waals surface area contributed by atoms with Crippen LogP contribution in [0.25, 0.3) is 0 Å². The number of anilines is 3. The number of nitrogens with zero attached hydrogens (tertiary/aromatic N) is 2. The summed E-state index contributed by atoms with van der Waals surface area (Å²) in [5.41, 5.74) is 3.87. The molecular weight excluding hydrogens is 397 g/mol. The van der Waals surface area contributed by atoms with Gasteiger partial charge >= 0.3 is 5.97 Å². The van der Waals surface area contributed by atoms with E-state index in [2.05, 4.69) is 16.4 Å². The highest BCUT2D eigenvalue weighted by molar-refractivity contribution is 5.95. The zero-order valence-electron chi connectivity index (χ0n) is 17.5. The molecule has 1 aliphatic heterocycles. The Balaban J connectivity index is 1.52. The van der Waals surface area contributed by atoms with Crippen LogP contribution in [0.15, 0.2) is 60.9 Å². The Morgan fingerprint density at radius 2 is 2.10 bits per heavy atom. The predicted molar refractivity (Wildman–Crippen MR) is 118 cm³/mol. The number of methoxy groups -OCH3 is 1. The molecule has 1 aromatic heterocycles. The fraction of sp³-hybridized carbons (Fsp3) is 0.250. The van der Waals surface area contributed by atoms with E-state index in [1.165, 1.54) is 19.2 Å². The summed E-state index contributed by atoms with van der Waals surface area (Å²) >= 11 is 0. The molecule has 0 spiro atoms. The van der Waals surface area contributed by atoms with Crippen LogP contribution in [-0.4, -0.2) is 38.3 Å². The Morgan fingerprint density at radius 1 is 1.26 bits per heavy atom. The first-order valence-corrected chi connectivity index (χ1v) is 10.1. The van der Waals surface area contributed by atoms with Crippen LogP contribution in [0.2, 0.25) is 0 Å². The normalized spacial score (nSPS) is 14.9. The van der Waals surface area contributed by atoms with Gasteiger partial charge in [0, 0.05) is 43.1 Å². The fourth-order valence-corrected chi connectivity index (χ4v) is 3.76. The zero-order valence-corrected chi connectivity index (χ0v) is 17.5. The van der Waals surface area contributed by atoms with Crippen LogP contribution < -0.4 is 15.0 Å². The minimum absolute atomic E-state index is 0.211. The lowest BCUT2D eigenvalue weighted by atomic mass is 9.92. The standard InChI is InChI=1S/C24H24FN3O3/c1-28(18-5-3-4-17(25)12-18)19-6-7-20-16(9-11-31-23(20)13-19)14-27-22-15-26-10-8-21(22)24(29)30-2/h3-8,10,12-13,15-16,27H,9,11,14H2,1-2H3/t16-/m0/s1. The van der Waals surface area contributed by atoms with Gasteiger partial charge in [-0.2, -0.15) is 0 Å². The van der Waals surface area contributed by atoms with E-state index in [0.29, 0.717) is 24.4 Å². The molecule has 160 valence electrons. The highest BCUT2D eigenvalue weighted by Gasteiger charge is 2.23. The number of carbonyl (C=O) groups excluding carboxylic acids is 1. The van der Waals surface area contributed by atoms with Gasteiger partial charge in [0.15, 0.2) is 0 Å². The van der Waals surface area contributed by atoms with Crippen LogP contribution in [0.1, 0.15) is 28.3 Å². The van der Waals surface area contributed by atoms with Gasteiger partial charge in [-0.05, 0) is 42.3 Å². The molecule has 0 bridgehead atoms. The minimum atomic E-state index is -0.401. The third-order valence-corrected chi connectivity index (χ3v) is 5.51. The van der Waals surface area contributed by atoms with Gasteiger partial charge in [-0.1, -0.05) is 12.1 Å². The molecule has 0 amide bonds. The van der Waals surface area contributed by atoms with Crippen molar-refractivity contribution < 1.29 is 18.7 Å². The van der Waals surface area contributed by atoms with Gasteiger partial charge in [0.25, 0.3) is 0 Å². The molecule has 31 heavy (non-hydrogen) atoms. The number of halogens is 1. The summed E-state index contributed by atoms with van der Waals surface area (Å²) in [6.45, 7) is 1.23. The lowest BCUT2D eigenvalue weighted by molar-refractivity contribution is 0.0601. The molecule has 0 fully saturated rings. The average Bonchev–Trinajstić information content (AvgIpc) is 2.81. The van der Waals surface area contributed by atoms with Crippen LogP contribution in [0.5, 0.6) is 5.75 Å². The van der Waals surface area contributed by atoms with Gasteiger partial charge in [0.1, 0.15) is 11.6 Å². The summed E-state index contributed by atoms with van der Waals surface area (Å²) in [6, 6.07) is 14.2. The number of carbonyl (C=O) groups is 1. The molecule has 0 aliphatic carbocycles. The molecule has 3 aromatic rings. The van der Waals surface area contributed by atoms with Crippen molar-refractivity contribution in [2.75, 3.05) is 37.5 Å². The monoisotopic (exact) mass is 421 g/mol. The first-order chi connectivity index (χ1) is 15.1. The van der Waals surface area contributed by atoms with Crippen LogP contribution in [0.3, 0.4) is 0 Å². The van der Waals surface area contributed by atoms with Crippen molar-refractivity contribution in [1.29, 1.82) is 0 Å². The van der Waals surface area contributed by atoms with Gasteiger partial charge in [0.05, 0.1) is 31.2 Å². The molecule has 1 N–H and O–H groups in total. The quantitative estimate of drug-likeness (QED) is 0.580. The lowest BCUT2D eigenvalue weighted by Gasteiger charge is -2.28.